The highest BCUT2D eigenvalue weighted by atomic mass is 16.5. The molecule has 0 bridgehead atoms. The molecule has 110 valence electrons. The molecule has 1 aromatic heterocycles. The van der Waals surface area contributed by atoms with Gasteiger partial charge in [0.25, 0.3) is 5.91 Å². The first-order chi connectivity index (χ1) is 9.58. The Morgan fingerprint density at radius 2 is 2.10 bits per heavy atom. The largest absolute Gasteiger partial charge is 0.489 e. The summed E-state index contributed by atoms with van der Waals surface area (Å²) in [6, 6.07) is 3.54. The van der Waals surface area contributed by atoms with Crippen molar-refractivity contribution in [3.8, 4) is 5.75 Å². The molecular weight excluding hydrogens is 254 g/mol. The Balaban J connectivity index is 2.09. The van der Waals surface area contributed by atoms with Crippen molar-refractivity contribution in [3.05, 3.63) is 24.0 Å². The maximum atomic E-state index is 11.9. The molecule has 1 aliphatic carbocycles. The van der Waals surface area contributed by atoms with E-state index in [1.54, 1.807) is 32.4 Å². The van der Waals surface area contributed by atoms with Crippen molar-refractivity contribution in [2.45, 2.75) is 44.2 Å². The highest BCUT2D eigenvalue weighted by Gasteiger charge is 2.22. The molecule has 5 nitrogen and oxygen atoms in total. The lowest BCUT2D eigenvalue weighted by Crippen LogP contribution is -2.37. The van der Waals surface area contributed by atoms with E-state index in [-0.39, 0.29) is 18.1 Å². The van der Waals surface area contributed by atoms with Gasteiger partial charge in [0, 0.05) is 32.4 Å². The average molecular weight is 277 g/mol. The highest BCUT2D eigenvalue weighted by Crippen LogP contribution is 2.22. The molecule has 20 heavy (non-hydrogen) atoms. The summed E-state index contributed by atoms with van der Waals surface area (Å²) >= 11 is 0. The zero-order valence-electron chi connectivity index (χ0n) is 12.2. The maximum absolute atomic E-state index is 11.9. The standard InChI is InChI=1S/C15H23N3O2/c1-18(2)15(19)13-10-11(8-9-17-13)20-14-7-5-3-4-6-12(14)16/h8-10,12,14H,3-7,16H2,1-2H3. The first-order valence-electron chi connectivity index (χ1n) is 7.18. The molecule has 5 heteroatoms. The number of rotatable bonds is 3. The van der Waals surface area contributed by atoms with Gasteiger partial charge in [-0.2, -0.15) is 0 Å². The molecular formula is C15H23N3O2. The fraction of sp³-hybridized carbons (Fsp3) is 0.600. The molecule has 2 atom stereocenters. The van der Waals surface area contributed by atoms with Crippen molar-refractivity contribution in [2.24, 2.45) is 5.73 Å². The second-order valence-corrected chi connectivity index (χ2v) is 5.53. The first-order valence-corrected chi connectivity index (χ1v) is 7.18. The first kappa shape index (κ1) is 14.8. The van der Waals surface area contributed by atoms with Gasteiger partial charge in [-0.1, -0.05) is 12.8 Å². The molecule has 2 rings (SSSR count). The summed E-state index contributed by atoms with van der Waals surface area (Å²) in [4.78, 5) is 17.5. The summed E-state index contributed by atoms with van der Waals surface area (Å²) in [6.45, 7) is 0. The third kappa shape index (κ3) is 3.70. The molecule has 1 aliphatic rings. The maximum Gasteiger partial charge on any atom is 0.272 e. The number of carbonyl (C=O) groups excluding carboxylic acids is 1. The summed E-state index contributed by atoms with van der Waals surface area (Å²) in [6.07, 6.45) is 7.14. The summed E-state index contributed by atoms with van der Waals surface area (Å²) < 4.78 is 5.98. The summed E-state index contributed by atoms with van der Waals surface area (Å²) in [5, 5.41) is 0. The topological polar surface area (TPSA) is 68.5 Å². The van der Waals surface area contributed by atoms with Gasteiger partial charge in [-0.15, -0.1) is 0 Å². The lowest BCUT2D eigenvalue weighted by Gasteiger charge is -2.23. The summed E-state index contributed by atoms with van der Waals surface area (Å²) in [7, 11) is 3.41. The van der Waals surface area contributed by atoms with Gasteiger partial charge in [-0.05, 0) is 25.3 Å². The number of aromatic nitrogens is 1. The second kappa shape index (κ2) is 6.70. The highest BCUT2D eigenvalue weighted by molar-refractivity contribution is 5.92. The Hall–Kier alpha value is -1.62. The molecule has 1 fully saturated rings. The van der Waals surface area contributed by atoms with Crippen LogP contribution >= 0.6 is 0 Å². The van der Waals surface area contributed by atoms with Crippen LogP contribution in [-0.4, -0.2) is 42.0 Å². The molecule has 2 N–H and O–H groups in total. The molecule has 2 unspecified atom stereocenters. The van der Waals surface area contributed by atoms with E-state index >= 15 is 0 Å². The van der Waals surface area contributed by atoms with Gasteiger partial charge in [-0.3, -0.25) is 9.78 Å². The fourth-order valence-electron chi connectivity index (χ4n) is 2.45. The van der Waals surface area contributed by atoms with Crippen molar-refractivity contribution in [2.75, 3.05) is 14.1 Å². The van der Waals surface area contributed by atoms with Crippen molar-refractivity contribution in [1.29, 1.82) is 0 Å². The Labute approximate surface area is 120 Å². The number of carbonyl (C=O) groups is 1. The van der Waals surface area contributed by atoms with Crippen molar-refractivity contribution in [1.82, 2.24) is 9.88 Å². The van der Waals surface area contributed by atoms with E-state index < -0.39 is 0 Å². The van der Waals surface area contributed by atoms with Gasteiger partial charge >= 0.3 is 0 Å². The Morgan fingerprint density at radius 3 is 2.85 bits per heavy atom. The monoisotopic (exact) mass is 277 g/mol. The molecule has 0 spiro atoms. The van der Waals surface area contributed by atoms with Gasteiger partial charge in [0.15, 0.2) is 0 Å². The smallest absolute Gasteiger partial charge is 0.272 e. The lowest BCUT2D eigenvalue weighted by atomic mass is 10.1. The van der Waals surface area contributed by atoms with E-state index in [1.165, 1.54) is 17.7 Å². The van der Waals surface area contributed by atoms with Crippen molar-refractivity contribution >= 4 is 5.91 Å². The minimum Gasteiger partial charge on any atom is -0.489 e. The van der Waals surface area contributed by atoms with Gasteiger partial charge in [-0.25, -0.2) is 0 Å². The number of ether oxygens (including phenoxy) is 1. The minimum absolute atomic E-state index is 0.0298. The lowest BCUT2D eigenvalue weighted by molar-refractivity contribution is 0.0820. The number of amides is 1. The normalized spacial score (nSPS) is 22.9. The zero-order valence-corrected chi connectivity index (χ0v) is 12.2. The van der Waals surface area contributed by atoms with Crippen LogP contribution in [0, 0.1) is 0 Å². The summed E-state index contributed by atoms with van der Waals surface area (Å²) in [5.74, 6) is 0.549. The van der Waals surface area contributed by atoms with Crippen LogP contribution in [0.2, 0.25) is 0 Å². The molecule has 1 saturated carbocycles. The predicted octanol–water partition coefficient (Wildman–Crippen LogP) is 1.82. The third-order valence-corrected chi connectivity index (χ3v) is 3.65. The van der Waals surface area contributed by atoms with E-state index in [4.69, 9.17) is 10.5 Å². The SMILES string of the molecule is CN(C)C(=O)c1cc(OC2CCCCCC2N)ccn1. The van der Waals surface area contributed by atoms with Gasteiger partial charge in [0.2, 0.25) is 0 Å². The van der Waals surface area contributed by atoms with Crippen LogP contribution in [-0.2, 0) is 0 Å². The van der Waals surface area contributed by atoms with Gasteiger partial charge < -0.3 is 15.4 Å². The van der Waals surface area contributed by atoms with Crippen LogP contribution in [0.3, 0.4) is 0 Å². The molecule has 0 saturated heterocycles. The van der Waals surface area contributed by atoms with E-state index in [0.29, 0.717) is 11.4 Å². The predicted molar refractivity (Wildman–Crippen MR) is 77.7 cm³/mol. The summed E-state index contributed by atoms with van der Waals surface area (Å²) in [5.41, 5.74) is 6.55. The molecule has 1 amide bonds. The van der Waals surface area contributed by atoms with Gasteiger partial charge in [0.1, 0.15) is 17.5 Å². The van der Waals surface area contributed by atoms with E-state index in [1.807, 2.05) is 0 Å². The van der Waals surface area contributed by atoms with Crippen LogP contribution in [0.15, 0.2) is 18.3 Å². The Bertz CT molecular complexity index is 462. The third-order valence-electron chi connectivity index (χ3n) is 3.65. The van der Waals surface area contributed by atoms with Crippen LogP contribution in [0.1, 0.15) is 42.6 Å². The number of nitrogens with two attached hydrogens (primary N) is 1. The Kier molecular flexibility index (Phi) is 4.95. The number of hydrogen-bond acceptors (Lipinski definition) is 4. The van der Waals surface area contributed by atoms with Crippen molar-refractivity contribution in [3.63, 3.8) is 0 Å². The molecule has 0 aromatic carbocycles. The number of pyridine rings is 1. The zero-order chi connectivity index (χ0) is 14.5. The quantitative estimate of drug-likeness (QED) is 0.856. The number of nitrogens with zero attached hydrogens (tertiary/aromatic N) is 2. The van der Waals surface area contributed by atoms with E-state index in [9.17, 15) is 4.79 Å². The molecule has 1 heterocycles. The van der Waals surface area contributed by atoms with Crippen LogP contribution in [0.5, 0.6) is 5.75 Å². The van der Waals surface area contributed by atoms with E-state index in [0.717, 1.165) is 19.3 Å². The van der Waals surface area contributed by atoms with Crippen molar-refractivity contribution < 1.29 is 9.53 Å². The fourth-order valence-corrected chi connectivity index (χ4v) is 2.45. The van der Waals surface area contributed by atoms with Gasteiger partial charge in [0.05, 0.1) is 0 Å². The van der Waals surface area contributed by atoms with Crippen LogP contribution in [0.25, 0.3) is 0 Å². The Morgan fingerprint density at radius 1 is 1.35 bits per heavy atom. The second-order valence-electron chi connectivity index (χ2n) is 5.53. The molecule has 1 aromatic rings. The number of hydrogen-bond donors (Lipinski definition) is 1. The average Bonchev–Trinajstić information content (AvgIpc) is 2.63. The van der Waals surface area contributed by atoms with Crippen LogP contribution in [0.4, 0.5) is 0 Å². The van der Waals surface area contributed by atoms with E-state index in [2.05, 4.69) is 4.98 Å². The minimum atomic E-state index is -0.124. The van der Waals surface area contributed by atoms with Crippen LogP contribution < -0.4 is 10.5 Å². The molecule has 0 radical (unpaired) electrons. The molecule has 0 aliphatic heterocycles.